The lowest BCUT2D eigenvalue weighted by molar-refractivity contribution is -0.149. The first kappa shape index (κ1) is 22.1. The maximum Gasteiger partial charge on any atom is 0.308 e. The smallest absolute Gasteiger partial charge is 0.308 e. The quantitative estimate of drug-likeness (QED) is 0.293. The maximum absolute atomic E-state index is 11.8. The Labute approximate surface area is 171 Å². The van der Waals surface area contributed by atoms with Gasteiger partial charge >= 0.3 is 5.97 Å². The zero-order chi connectivity index (χ0) is 17.5. The monoisotopic (exact) mass is 480 g/mol. The van der Waals surface area contributed by atoms with Crippen LogP contribution in [0.2, 0.25) is 0 Å². The van der Waals surface area contributed by atoms with Gasteiger partial charge in [0.1, 0.15) is 5.01 Å². The average molecular weight is 480 g/mol. The van der Waals surface area contributed by atoms with E-state index in [-0.39, 0.29) is 35.9 Å². The van der Waals surface area contributed by atoms with Crippen LogP contribution in [0.5, 0.6) is 0 Å². The van der Waals surface area contributed by atoms with Gasteiger partial charge in [-0.2, -0.15) is 0 Å². The van der Waals surface area contributed by atoms with E-state index in [0.717, 1.165) is 42.3 Å². The number of nitrogens with zero attached hydrogens (tertiary/aromatic N) is 2. The van der Waals surface area contributed by atoms with Crippen molar-refractivity contribution in [1.82, 2.24) is 15.6 Å². The van der Waals surface area contributed by atoms with Crippen LogP contribution in [0.1, 0.15) is 48.2 Å². The van der Waals surface area contributed by atoms with Crippen LogP contribution in [0.15, 0.2) is 4.99 Å². The predicted molar refractivity (Wildman–Crippen MR) is 113 cm³/mol. The molecule has 0 radical (unpaired) electrons. The molecular formula is C17H29IN4O2S. The van der Waals surface area contributed by atoms with Gasteiger partial charge in [-0.1, -0.05) is 0 Å². The molecule has 2 N–H and O–H groups in total. The van der Waals surface area contributed by atoms with Gasteiger partial charge in [0, 0.05) is 18.0 Å². The average Bonchev–Trinajstić information content (AvgIpc) is 2.90. The van der Waals surface area contributed by atoms with Gasteiger partial charge in [-0.25, -0.2) is 4.98 Å². The largest absolute Gasteiger partial charge is 0.466 e. The summed E-state index contributed by atoms with van der Waals surface area (Å²) in [6.45, 7) is 7.11. The van der Waals surface area contributed by atoms with Crippen LogP contribution < -0.4 is 10.6 Å². The highest BCUT2D eigenvalue weighted by molar-refractivity contribution is 14.0. The highest BCUT2D eigenvalue weighted by Gasteiger charge is 2.27. The first-order chi connectivity index (χ1) is 11.5. The zero-order valence-electron chi connectivity index (χ0n) is 15.4. The van der Waals surface area contributed by atoms with E-state index < -0.39 is 0 Å². The number of rotatable bonds is 5. The predicted octanol–water partition coefficient (Wildman–Crippen LogP) is 3.16. The van der Waals surface area contributed by atoms with Crippen LogP contribution in [0.4, 0.5) is 0 Å². The van der Waals surface area contributed by atoms with Gasteiger partial charge in [-0.3, -0.25) is 9.79 Å². The summed E-state index contributed by atoms with van der Waals surface area (Å²) in [7, 11) is 1.78. The summed E-state index contributed by atoms with van der Waals surface area (Å²) >= 11 is 1.71. The fraction of sp³-hybridized carbons (Fsp3) is 0.706. The van der Waals surface area contributed by atoms with Crippen molar-refractivity contribution >= 4 is 47.2 Å². The molecule has 1 aliphatic carbocycles. The maximum atomic E-state index is 11.8. The topological polar surface area (TPSA) is 75.6 Å². The van der Waals surface area contributed by atoms with Gasteiger partial charge < -0.3 is 15.4 Å². The van der Waals surface area contributed by atoms with Crippen molar-refractivity contribution in [1.29, 1.82) is 0 Å². The minimum absolute atomic E-state index is 0. The summed E-state index contributed by atoms with van der Waals surface area (Å²) in [6.07, 6.45) is 3.66. The third kappa shape index (κ3) is 6.73. The number of carbonyl (C=O) groups excluding carboxylic acids is 1. The Hall–Kier alpha value is -0.900. The van der Waals surface area contributed by atoms with E-state index in [1.54, 1.807) is 18.4 Å². The number of thiazole rings is 1. The molecule has 0 amide bonds. The lowest BCUT2D eigenvalue weighted by Gasteiger charge is -2.29. The molecule has 8 heteroatoms. The van der Waals surface area contributed by atoms with Crippen molar-refractivity contribution in [2.24, 2.45) is 10.9 Å². The number of esters is 1. The molecule has 1 aromatic heterocycles. The van der Waals surface area contributed by atoms with E-state index in [9.17, 15) is 4.79 Å². The molecule has 25 heavy (non-hydrogen) atoms. The van der Waals surface area contributed by atoms with Gasteiger partial charge in [0.05, 0.1) is 24.8 Å². The number of aromatic nitrogens is 1. The second-order valence-electron chi connectivity index (χ2n) is 6.12. The minimum atomic E-state index is -0.0482. The van der Waals surface area contributed by atoms with Crippen molar-refractivity contribution in [3.8, 4) is 0 Å². The number of nitrogens with one attached hydrogen (secondary N) is 2. The zero-order valence-corrected chi connectivity index (χ0v) is 18.6. The molecule has 0 saturated heterocycles. The number of aryl methyl sites for hydroxylation is 2. The van der Waals surface area contributed by atoms with Gasteiger partial charge in [0.2, 0.25) is 0 Å². The van der Waals surface area contributed by atoms with E-state index in [2.05, 4.69) is 27.5 Å². The first-order valence-corrected chi connectivity index (χ1v) is 9.41. The third-order valence-electron chi connectivity index (χ3n) is 4.39. The van der Waals surface area contributed by atoms with E-state index in [4.69, 9.17) is 4.74 Å². The molecule has 1 saturated carbocycles. The van der Waals surface area contributed by atoms with Crippen molar-refractivity contribution in [2.45, 2.75) is 59.0 Å². The summed E-state index contributed by atoms with van der Waals surface area (Å²) < 4.78 is 5.12. The van der Waals surface area contributed by atoms with Crippen LogP contribution in [-0.2, 0) is 16.1 Å². The summed E-state index contributed by atoms with van der Waals surface area (Å²) in [5.74, 6) is 0.798. The first-order valence-electron chi connectivity index (χ1n) is 8.60. The fourth-order valence-corrected chi connectivity index (χ4v) is 3.77. The van der Waals surface area contributed by atoms with Crippen LogP contribution >= 0.6 is 35.3 Å². The molecule has 0 atom stereocenters. The minimum Gasteiger partial charge on any atom is -0.466 e. The van der Waals surface area contributed by atoms with Crippen molar-refractivity contribution in [3.05, 3.63) is 15.6 Å². The van der Waals surface area contributed by atoms with Crippen molar-refractivity contribution in [2.75, 3.05) is 13.7 Å². The second-order valence-corrected chi connectivity index (χ2v) is 7.41. The highest BCUT2D eigenvalue weighted by Crippen LogP contribution is 2.25. The SMILES string of the molecule is CCOC(=O)C1CCC(NC(=NC)NCc2nc(C)c(C)s2)CC1.I. The van der Waals surface area contributed by atoms with E-state index in [1.165, 1.54) is 4.88 Å². The lowest BCUT2D eigenvalue weighted by Crippen LogP contribution is -2.45. The Morgan fingerprint density at radius 1 is 1.32 bits per heavy atom. The fourth-order valence-electron chi connectivity index (χ4n) is 2.90. The molecule has 1 fully saturated rings. The Bertz CT molecular complexity index is 564. The Morgan fingerprint density at radius 2 is 2.00 bits per heavy atom. The van der Waals surface area contributed by atoms with E-state index in [1.807, 2.05) is 13.8 Å². The van der Waals surface area contributed by atoms with Crippen LogP contribution in [0, 0.1) is 19.8 Å². The molecule has 1 aliphatic rings. The van der Waals surface area contributed by atoms with Crippen molar-refractivity contribution < 1.29 is 9.53 Å². The lowest BCUT2D eigenvalue weighted by atomic mass is 9.86. The molecule has 1 heterocycles. The molecule has 0 aliphatic heterocycles. The Morgan fingerprint density at radius 3 is 2.52 bits per heavy atom. The number of halogens is 1. The van der Waals surface area contributed by atoms with Gasteiger partial charge in [-0.05, 0) is 46.5 Å². The normalized spacial score (nSPS) is 20.6. The third-order valence-corrected chi connectivity index (χ3v) is 5.46. The van der Waals surface area contributed by atoms with E-state index in [0.29, 0.717) is 19.2 Å². The van der Waals surface area contributed by atoms with Crippen LogP contribution in [-0.4, -0.2) is 36.6 Å². The summed E-state index contributed by atoms with van der Waals surface area (Å²) in [5, 5.41) is 7.84. The van der Waals surface area contributed by atoms with E-state index >= 15 is 0 Å². The molecule has 0 unspecified atom stereocenters. The number of hydrogen-bond acceptors (Lipinski definition) is 5. The van der Waals surface area contributed by atoms with Crippen LogP contribution in [0.3, 0.4) is 0 Å². The van der Waals surface area contributed by atoms with Gasteiger partial charge in [-0.15, -0.1) is 35.3 Å². The summed E-state index contributed by atoms with van der Waals surface area (Å²) in [4.78, 5) is 21.9. The highest BCUT2D eigenvalue weighted by atomic mass is 127. The number of aliphatic imine (C=N–C) groups is 1. The molecule has 0 aromatic carbocycles. The molecule has 6 nitrogen and oxygen atoms in total. The summed E-state index contributed by atoms with van der Waals surface area (Å²) in [5.41, 5.74) is 1.09. The van der Waals surface area contributed by atoms with Gasteiger partial charge in [0.15, 0.2) is 5.96 Å². The molecule has 2 rings (SSSR count). The second kappa shape index (κ2) is 10.9. The molecule has 1 aromatic rings. The number of ether oxygens (including phenoxy) is 1. The van der Waals surface area contributed by atoms with Gasteiger partial charge in [0.25, 0.3) is 0 Å². The Kier molecular flexibility index (Phi) is 9.70. The van der Waals surface area contributed by atoms with Crippen LogP contribution in [0.25, 0.3) is 0 Å². The molecule has 142 valence electrons. The molecule has 0 spiro atoms. The number of carbonyl (C=O) groups is 1. The summed E-state index contributed by atoms with van der Waals surface area (Å²) in [6, 6.07) is 0.349. The van der Waals surface area contributed by atoms with Crippen molar-refractivity contribution in [3.63, 3.8) is 0 Å². The Balaban J connectivity index is 0.00000312. The standard InChI is InChI=1S/C17H28N4O2S.HI/c1-5-23-16(22)13-6-8-14(9-7-13)21-17(18-4)19-10-15-20-11(2)12(3)24-15;/h13-14H,5-10H2,1-4H3,(H2,18,19,21);1H. The molecule has 0 bridgehead atoms. The molecular weight excluding hydrogens is 451 g/mol. The number of guanidine groups is 1. The number of hydrogen-bond donors (Lipinski definition) is 2.